The predicted octanol–water partition coefficient (Wildman–Crippen LogP) is 7.03. The fourth-order valence-electron chi connectivity index (χ4n) is 6.69. The summed E-state index contributed by atoms with van der Waals surface area (Å²) < 4.78 is 11.8. The molecule has 2 unspecified atom stereocenters. The van der Waals surface area contributed by atoms with Gasteiger partial charge in [0.1, 0.15) is 6.10 Å². The zero-order valence-electron chi connectivity index (χ0n) is 28.2. The van der Waals surface area contributed by atoms with Gasteiger partial charge in [-0.2, -0.15) is 0 Å². The van der Waals surface area contributed by atoms with Crippen LogP contribution in [-0.4, -0.2) is 71.6 Å². The fraction of sp³-hybridized carbons (Fsp3) is 0.912. The zero-order valence-corrected chi connectivity index (χ0v) is 28.2. The molecule has 250 valence electrons. The molecule has 9 nitrogen and oxygen atoms in total. The molecule has 0 spiro atoms. The summed E-state index contributed by atoms with van der Waals surface area (Å²) >= 11 is 0. The maximum atomic E-state index is 13.9. The predicted molar refractivity (Wildman–Crippen MR) is 171 cm³/mol. The van der Waals surface area contributed by atoms with Crippen molar-refractivity contribution >= 4 is 17.9 Å². The molecule has 2 aliphatic rings. The van der Waals surface area contributed by atoms with Gasteiger partial charge in [-0.15, -0.1) is 0 Å². The number of ether oxygens (including phenoxy) is 2. The average molecular weight is 610 g/mol. The van der Waals surface area contributed by atoms with Crippen molar-refractivity contribution in [2.75, 3.05) is 26.2 Å². The fourth-order valence-corrected chi connectivity index (χ4v) is 6.69. The number of carbonyl (C=O) groups excluding carboxylic acids is 2. The van der Waals surface area contributed by atoms with Gasteiger partial charge in [-0.1, -0.05) is 105 Å². The van der Waals surface area contributed by atoms with E-state index in [0.29, 0.717) is 32.5 Å². The maximum Gasteiger partial charge on any atom is 0.317 e. The van der Waals surface area contributed by atoms with Gasteiger partial charge in [0.05, 0.1) is 18.1 Å². The van der Waals surface area contributed by atoms with Gasteiger partial charge < -0.3 is 30.1 Å². The molecule has 1 saturated heterocycles. The van der Waals surface area contributed by atoms with E-state index in [-0.39, 0.29) is 18.5 Å². The summed E-state index contributed by atoms with van der Waals surface area (Å²) in [5, 5.41) is 16.8. The van der Waals surface area contributed by atoms with Gasteiger partial charge >= 0.3 is 12.0 Å². The van der Waals surface area contributed by atoms with Gasteiger partial charge in [-0.05, 0) is 39.5 Å². The number of nitrogens with one attached hydrogen (secondary N) is 2. The molecule has 9 heteroatoms. The summed E-state index contributed by atoms with van der Waals surface area (Å²) in [7, 11) is 0. The summed E-state index contributed by atoms with van der Waals surface area (Å²) in [4.78, 5) is 42.4. The monoisotopic (exact) mass is 609 g/mol. The van der Waals surface area contributed by atoms with Crippen LogP contribution in [0.2, 0.25) is 0 Å². The number of carbonyl (C=O) groups is 3. The molecule has 2 atom stereocenters. The SMILES string of the molecule is CCCCCCCCNC(=O)N(CCCCCC)C1(C(CNC(=O)C2OC(C)(C)OCC2(C)C)C(=O)O)CCCCCC1. The number of rotatable bonds is 18. The molecular weight excluding hydrogens is 546 g/mol. The minimum Gasteiger partial charge on any atom is -0.481 e. The van der Waals surface area contributed by atoms with Crippen LogP contribution in [0.1, 0.15) is 144 Å². The first-order chi connectivity index (χ1) is 20.4. The summed E-state index contributed by atoms with van der Waals surface area (Å²) in [6, 6.07) is -0.167. The molecule has 43 heavy (non-hydrogen) atoms. The number of aliphatic carboxylic acids is 1. The Hall–Kier alpha value is -1.87. The van der Waals surface area contributed by atoms with Crippen LogP contribution < -0.4 is 10.6 Å². The van der Waals surface area contributed by atoms with E-state index >= 15 is 0 Å². The number of hydrogen-bond donors (Lipinski definition) is 3. The Balaban J connectivity index is 2.28. The molecule has 1 heterocycles. The van der Waals surface area contributed by atoms with E-state index in [1.54, 1.807) is 13.8 Å². The van der Waals surface area contributed by atoms with E-state index in [1.807, 2.05) is 18.7 Å². The van der Waals surface area contributed by atoms with Gasteiger partial charge in [0.25, 0.3) is 0 Å². The van der Waals surface area contributed by atoms with Crippen molar-refractivity contribution in [3.8, 4) is 0 Å². The Bertz CT molecular complexity index is 853. The zero-order chi connectivity index (χ0) is 31.9. The van der Waals surface area contributed by atoms with Crippen LogP contribution in [0, 0.1) is 11.3 Å². The number of unbranched alkanes of at least 4 members (excludes halogenated alkanes) is 8. The lowest BCUT2D eigenvalue weighted by molar-refractivity contribution is -0.304. The highest BCUT2D eigenvalue weighted by Gasteiger charge is 2.50. The van der Waals surface area contributed by atoms with E-state index < -0.39 is 34.7 Å². The van der Waals surface area contributed by atoms with Gasteiger partial charge in [0.15, 0.2) is 5.79 Å². The molecule has 0 aromatic rings. The molecular formula is C34H63N3O6. The summed E-state index contributed by atoms with van der Waals surface area (Å²) in [6.07, 6.45) is 15.0. The van der Waals surface area contributed by atoms with Crippen molar-refractivity contribution in [1.29, 1.82) is 0 Å². The maximum absolute atomic E-state index is 13.9. The molecule has 3 N–H and O–H groups in total. The number of urea groups is 1. The Morgan fingerprint density at radius 3 is 2.02 bits per heavy atom. The van der Waals surface area contributed by atoms with Gasteiger partial charge in [-0.25, -0.2) is 4.79 Å². The smallest absolute Gasteiger partial charge is 0.317 e. The molecule has 2 fully saturated rings. The lowest BCUT2D eigenvalue weighted by Crippen LogP contribution is -2.63. The lowest BCUT2D eigenvalue weighted by Gasteiger charge is -2.48. The van der Waals surface area contributed by atoms with Crippen LogP contribution in [0.25, 0.3) is 0 Å². The Kier molecular flexibility index (Phi) is 15.8. The molecule has 0 aromatic heterocycles. The molecule has 0 bridgehead atoms. The first-order valence-corrected chi connectivity index (χ1v) is 17.3. The van der Waals surface area contributed by atoms with Gasteiger partial charge in [0.2, 0.25) is 5.91 Å². The first-order valence-electron chi connectivity index (χ1n) is 17.3. The minimum absolute atomic E-state index is 0.0540. The van der Waals surface area contributed by atoms with Crippen LogP contribution in [0.3, 0.4) is 0 Å². The van der Waals surface area contributed by atoms with Crippen LogP contribution in [0.15, 0.2) is 0 Å². The molecule has 0 radical (unpaired) electrons. The van der Waals surface area contributed by atoms with Crippen LogP contribution in [0.5, 0.6) is 0 Å². The molecule has 3 amide bonds. The van der Waals surface area contributed by atoms with Crippen LogP contribution >= 0.6 is 0 Å². The van der Waals surface area contributed by atoms with E-state index in [2.05, 4.69) is 24.5 Å². The Morgan fingerprint density at radius 2 is 1.42 bits per heavy atom. The second kappa shape index (κ2) is 18.2. The minimum atomic E-state index is -0.975. The van der Waals surface area contributed by atoms with Crippen LogP contribution in [-0.2, 0) is 19.1 Å². The lowest BCUT2D eigenvalue weighted by atomic mass is 9.75. The normalized spacial score (nSPS) is 21.8. The second-order valence-electron chi connectivity index (χ2n) is 14.0. The highest BCUT2D eigenvalue weighted by molar-refractivity contribution is 5.83. The highest BCUT2D eigenvalue weighted by atomic mass is 16.7. The first kappa shape index (κ1) is 37.3. The van der Waals surface area contributed by atoms with Crippen molar-refractivity contribution < 1.29 is 29.0 Å². The highest BCUT2D eigenvalue weighted by Crippen LogP contribution is 2.40. The molecule has 1 saturated carbocycles. The number of amides is 3. The van der Waals surface area contributed by atoms with E-state index in [9.17, 15) is 19.5 Å². The molecule has 1 aliphatic carbocycles. The summed E-state index contributed by atoms with van der Waals surface area (Å²) in [5.41, 5.74) is -1.45. The molecule has 2 rings (SSSR count). The van der Waals surface area contributed by atoms with Gasteiger partial charge in [-0.3, -0.25) is 9.59 Å². The third-order valence-electron chi connectivity index (χ3n) is 9.36. The van der Waals surface area contributed by atoms with E-state index in [1.165, 1.54) is 25.7 Å². The molecule has 0 aromatic carbocycles. The molecule has 1 aliphatic heterocycles. The van der Waals surface area contributed by atoms with Crippen LogP contribution in [0.4, 0.5) is 4.79 Å². The standard InChI is InChI=1S/C34H63N3O6/c1-7-9-11-13-16-19-23-35-31(41)37(24-20-12-10-8-2)34(21-17-14-15-18-22-34)27(30(39)40)25-36-29(38)28-32(3,4)26-42-33(5,6)43-28/h27-28H,7-26H2,1-6H3,(H,35,41)(H,36,38)(H,39,40). The average Bonchev–Trinajstić information content (AvgIpc) is 3.20. The third-order valence-corrected chi connectivity index (χ3v) is 9.36. The van der Waals surface area contributed by atoms with E-state index in [4.69, 9.17) is 9.47 Å². The summed E-state index contributed by atoms with van der Waals surface area (Å²) in [5.74, 6) is -3.15. The Labute approximate surface area is 261 Å². The van der Waals surface area contributed by atoms with Crippen molar-refractivity contribution in [2.45, 2.75) is 162 Å². The number of carboxylic acid groups (broad SMARTS) is 1. The third kappa shape index (κ3) is 11.5. The number of carboxylic acids is 1. The number of nitrogens with zero attached hydrogens (tertiary/aromatic N) is 1. The summed E-state index contributed by atoms with van der Waals surface area (Å²) in [6.45, 7) is 13.2. The quantitative estimate of drug-likeness (QED) is 0.114. The van der Waals surface area contributed by atoms with Crippen molar-refractivity contribution in [1.82, 2.24) is 15.5 Å². The Morgan fingerprint density at radius 1 is 0.837 bits per heavy atom. The topological polar surface area (TPSA) is 117 Å². The second-order valence-corrected chi connectivity index (χ2v) is 14.0. The number of hydrogen-bond acceptors (Lipinski definition) is 5. The van der Waals surface area contributed by atoms with E-state index in [0.717, 1.165) is 64.2 Å². The van der Waals surface area contributed by atoms with Crippen molar-refractivity contribution in [3.05, 3.63) is 0 Å². The largest absolute Gasteiger partial charge is 0.481 e. The van der Waals surface area contributed by atoms with Gasteiger partial charge in [0, 0.05) is 25.0 Å². The van der Waals surface area contributed by atoms with Crippen molar-refractivity contribution in [2.24, 2.45) is 11.3 Å². The van der Waals surface area contributed by atoms with Crippen molar-refractivity contribution in [3.63, 3.8) is 0 Å².